The number of carbonyl (C=O) groups is 1. The van der Waals surface area contributed by atoms with Crippen molar-refractivity contribution >= 4 is 5.97 Å². The minimum atomic E-state index is -0.424. The molecule has 1 aliphatic rings. The largest absolute Gasteiger partial charge is 0.467 e. The summed E-state index contributed by atoms with van der Waals surface area (Å²) >= 11 is 0. The molecular weight excluding hydrogens is 182 g/mol. The second-order valence-electron chi connectivity index (χ2n) is 2.84. The van der Waals surface area contributed by atoms with Crippen LogP contribution in [0.1, 0.15) is 12.8 Å². The summed E-state index contributed by atoms with van der Waals surface area (Å²) in [6.45, 7) is 0. The van der Waals surface area contributed by atoms with Gasteiger partial charge in [-0.2, -0.15) is 10.5 Å². The van der Waals surface area contributed by atoms with Gasteiger partial charge in [0.2, 0.25) is 0 Å². The molecule has 1 fully saturated rings. The Morgan fingerprint density at radius 3 is 2.71 bits per heavy atom. The van der Waals surface area contributed by atoms with Gasteiger partial charge in [-0.25, -0.2) is 4.79 Å². The van der Waals surface area contributed by atoms with Gasteiger partial charge in [0.1, 0.15) is 23.8 Å². The van der Waals surface area contributed by atoms with Crippen molar-refractivity contribution in [2.75, 3.05) is 7.11 Å². The van der Waals surface area contributed by atoms with Crippen molar-refractivity contribution in [3.63, 3.8) is 0 Å². The number of hydrogen-bond donors (Lipinski definition) is 1. The molecule has 0 spiro atoms. The number of nitrogens with zero attached hydrogens (tertiary/aromatic N) is 2. The van der Waals surface area contributed by atoms with Crippen molar-refractivity contribution in [1.82, 2.24) is 5.32 Å². The van der Waals surface area contributed by atoms with Crippen LogP contribution < -0.4 is 5.32 Å². The number of carbonyl (C=O) groups excluding carboxylic acids is 1. The van der Waals surface area contributed by atoms with Crippen LogP contribution in [0.2, 0.25) is 0 Å². The summed E-state index contributed by atoms with van der Waals surface area (Å²) in [7, 11) is 1.31. The van der Waals surface area contributed by atoms with Crippen molar-refractivity contribution < 1.29 is 9.53 Å². The van der Waals surface area contributed by atoms with Crippen molar-refractivity contribution in [2.24, 2.45) is 0 Å². The fourth-order valence-electron chi connectivity index (χ4n) is 1.32. The first-order chi connectivity index (χ1) is 6.72. The molecule has 1 atom stereocenters. The van der Waals surface area contributed by atoms with Crippen LogP contribution in [0.15, 0.2) is 11.3 Å². The fourth-order valence-corrected chi connectivity index (χ4v) is 1.32. The molecule has 0 aromatic carbocycles. The highest BCUT2D eigenvalue weighted by molar-refractivity contribution is 5.76. The smallest absolute Gasteiger partial charge is 0.328 e. The molecular formula is C9H9N3O2. The highest BCUT2D eigenvalue weighted by Crippen LogP contribution is 2.19. The number of allylic oxidation sites excluding steroid dienone is 2. The monoisotopic (exact) mass is 191 g/mol. The highest BCUT2D eigenvalue weighted by Gasteiger charge is 2.27. The van der Waals surface area contributed by atoms with E-state index in [4.69, 9.17) is 10.5 Å². The van der Waals surface area contributed by atoms with Crippen molar-refractivity contribution in [1.29, 1.82) is 10.5 Å². The van der Waals surface area contributed by atoms with Gasteiger partial charge in [-0.05, 0) is 12.8 Å². The molecule has 0 radical (unpaired) electrons. The second kappa shape index (κ2) is 4.29. The molecule has 0 aliphatic carbocycles. The Bertz CT molecular complexity index is 343. The Balaban J connectivity index is 2.77. The van der Waals surface area contributed by atoms with Crippen LogP contribution in [0.5, 0.6) is 0 Å². The maximum Gasteiger partial charge on any atom is 0.328 e. The topological polar surface area (TPSA) is 85.9 Å². The third kappa shape index (κ3) is 1.83. The van der Waals surface area contributed by atoms with Gasteiger partial charge in [0.15, 0.2) is 0 Å². The molecule has 0 amide bonds. The van der Waals surface area contributed by atoms with E-state index in [9.17, 15) is 4.79 Å². The number of esters is 1. The lowest BCUT2D eigenvalue weighted by Crippen LogP contribution is -2.31. The standard InChI is InChI=1S/C9H9N3O2/c1-14-9(13)8-3-2-7(12-8)6(4-10)5-11/h8,12H,2-3H2,1H3. The molecule has 1 unspecified atom stereocenters. The summed E-state index contributed by atoms with van der Waals surface area (Å²) in [5.74, 6) is -0.366. The minimum Gasteiger partial charge on any atom is -0.467 e. The van der Waals surface area contributed by atoms with E-state index in [1.807, 2.05) is 0 Å². The number of methoxy groups -OCH3 is 1. The average molecular weight is 191 g/mol. The Kier molecular flexibility index (Phi) is 3.09. The number of rotatable bonds is 1. The predicted molar refractivity (Wildman–Crippen MR) is 46.4 cm³/mol. The van der Waals surface area contributed by atoms with E-state index in [0.717, 1.165) is 0 Å². The molecule has 1 saturated heterocycles. The van der Waals surface area contributed by atoms with Crippen LogP contribution in [0, 0.1) is 22.7 Å². The SMILES string of the molecule is COC(=O)C1CCC(=C(C#N)C#N)N1. The second-order valence-corrected chi connectivity index (χ2v) is 2.84. The molecule has 72 valence electrons. The normalized spacial score (nSPS) is 19.1. The van der Waals surface area contributed by atoms with Gasteiger partial charge in [0.05, 0.1) is 7.11 Å². The van der Waals surface area contributed by atoms with Gasteiger partial charge in [0, 0.05) is 5.70 Å². The third-order valence-electron chi connectivity index (χ3n) is 2.04. The lowest BCUT2D eigenvalue weighted by molar-refractivity contribution is -0.142. The maximum absolute atomic E-state index is 11.1. The molecule has 0 saturated carbocycles. The van der Waals surface area contributed by atoms with Crippen molar-refractivity contribution in [3.05, 3.63) is 11.3 Å². The lowest BCUT2D eigenvalue weighted by atomic mass is 10.2. The lowest BCUT2D eigenvalue weighted by Gasteiger charge is -2.07. The molecule has 0 aromatic rings. The molecule has 1 aliphatic heterocycles. The molecule has 14 heavy (non-hydrogen) atoms. The van der Waals surface area contributed by atoms with Crippen LogP contribution >= 0.6 is 0 Å². The minimum absolute atomic E-state index is 0.0383. The van der Waals surface area contributed by atoms with Crippen molar-refractivity contribution in [2.45, 2.75) is 18.9 Å². The molecule has 0 aromatic heterocycles. The van der Waals surface area contributed by atoms with Crippen LogP contribution in [0.4, 0.5) is 0 Å². The first-order valence-electron chi connectivity index (χ1n) is 4.10. The van der Waals surface area contributed by atoms with Crippen LogP contribution in [0.3, 0.4) is 0 Å². The molecule has 5 nitrogen and oxygen atoms in total. The summed E-state index contributed by atoms with van der Waals surface area (Å²) in [5.41, 5.74) is 0.571. The van der Waals surface area contributed by atoms with E-state index in [-0.39, 0.29) is 11.5 Å². The van der Waals surface area contributed by atoms with Gasteiger partial charge in [-0.15, -0.1) is 0 Å². The molecule has 1 N–H and O–H groups in total. The molecule has 1 rings (SSSR count). The molecule has 0 bridgehead atoms. The number of ether oxygens (including phenoxy) is 1. The number of nitrogens with one attached hydrogen (secondary N) is 1. The van der Waals surface area contributed by atoms with E-state index in [2.05, 4.69) is 10.1 Å². The maximum atomic E-state index is 11.1. The van der Waals surface area contributed by atoms with E-state index >= 15 is 0 Å². The highest BCUT2D eigenvalue weighted by atomic mass is 16.5. The van der Waals surface area contributed by atoms with E-state index in [1.54, 1.807) is 12.1 Å². The van der Waals surface area contributed by atoms with Gasteiger partial charge in [0.25, 0.3) is 0 Å². The summed E-state index contributed by atoms with van der Waals surface area (Å²) in [6, 6.07) is 3.13. The van der Waals surface area contributed by atoms with Gasteiger partial charge >= 0.3 is 5.97 Å². The predicted octanol–water partition coefficient (Wildman–Crippen LogP) is 0.213. The van der Waals surface area contributed by atoms with Crippen LogP contribution in [0.25, 0.3) is 0 Å². The van der Waals surface area contributed by atoms with E-state index < -0.39 is 6.04 Å². The quantitative estimate of drug-likeness (QED) is 0.473. The molecule has 1 heterocycles. The summed E-state index contributed by atoms with van der Waals surface area (Å²) in [6.07, 6.45) is 1.10. The van der Waals surface area contributed by atoms with Crippen molar-refractivity contribution in [3.8, 4) is 12.1 Å². The number of hydrogen-bond acceptors (Lipinski definition) is 5. The Morgan fingerprint density at radius 1 is 1.57 bits per heavy atom. The van der Waals surface area contributed by atoms with Crippen LogP contribution in [-0.4, -0.2) is 19.1 Å². The fraction of sp³-hybridized carbons (Fsp3) is 0.444. The van der Waals surface area contributed by atoms with Gasteiger partial charge < -0.3 is 10.1 Å². The van der Waals surface area contributed by atoms with E-state index in [1.165, 1.54) is 7.11 Å². The zero-order valence-electron chi connectivity index (χ0n) is 7.70. The Hall–Kier alpha value is -2.01. The number of nitriles is 2. The third-order valence-corrected chi connectivity index (χ3v) is 2.04. The average Bonchev–Trinajstić information content (AvgIpc) is 2.68. The summed E-state index contributed by atoms with van der Waals surface area (Å²) in [5, 5.41) is 20.0. The van der Waals surface area contributed by atoms with Gasteiger partial charge in [-0.1, -0.05) is 0 Å². The first kappa shape index (κ1) is 10.1. The van der Waals surface area contributed by atoms with Gasteiger partial charge in [-0.3, -0.25) is 0 Å². The zero-order chi connectivity index (χ0) is 10.6. The van der Waals surface area contributed by atoms with E-state index in [0.29, 0.717) is 18.5 Å². The Morgan fingerprint density at radius 2 is 2.21 bits per heavy atom. The summed E-state index contributed by atoms with van der Waals surface area (Å²) in [4.78, 5) is 11.1. The summed E-state index contributed by atoms with van der Waals surface area (Å²) < 4.78 is 4.54. The van der Waals surface area contributed by atoms with Crippen LogP contribution in [-0.2, 0) is 9.53 Å². The molecule has 5 heteroatoms. The first-order valence-corrected chi connectivity index (χ1v) is 4.10. The Labute approximate surface area is 81.6 Å². The zero-order valence-corrected chi connectivity index (χ0v) is 7.70.